The zero-order valence-electron chi connectivity index (χ0n) is 26.6. The zero-order chi connectivity index (χ0) is 31.7. The highest BCUT2D eigenvalue weighted by atomic mass is 28.4. The number of hydrogen-bond donors (Lipinski definition) is 1. The Hall–Kier alpha value is -3.99. The van der Waals surface area contributed by atoms with Crippen molar-refractivity contribution in [1.82, 2.24) is 9.97 Å². The van der Waals surface area contributed by atoms with E-state index in [4.69, 9.17) is 9.41 Å². The molecule has 3 aromatic rings. The molecule has 5 rings (SSSR count). The number of nitriles is 2. The third-order valence-electron chi connectivity index (χ3n) is 9.44. The Labute approximate surface area is 262 Å². The number of carbonyl (C=O) groups is 1. The highest BCUT2D eigenvalue weighted by Crippen LogP contribution is 2.46. The molecule has 2 aromatic carbocycles. The number of aromatic nitrogens is 2. The molecule has 2 aliphatic rings. The van der Waals surface area contributed by atoms with Gasteiger partial charge in [0.15, 0.2) is 8.32 Å². The van der Waals surface area contributed by atoms with Gasteiger partial charge in [-0.25, -0.2) is 9.97 Å². The van der Waals surface area contributed by atoms with Crippen molar-refractivity contribution in [2.75, 3.05) is 23.3 Å². The number of fused-ring (bicyclic) bond motifs is 1. The molecule has 1 fully saturated rings. The third-order valence-corrected chi connectivity index (χ3v) is 13.9. The summed E-state index contributed by atoms with van der Waals surface area (Å²) in [6.45, 7) is 14.3. The topological polar surface area (TPSA) is 115 Å². The minimum atomic E-state index is -2.06. The van der Waals surface area contributed by atoms with Crippen molar-refractivity contribution in [2.24, 2.45) is 5.92 Å². The van der Waals surface area contributed by atoms with Gasteiger partial charge in [-0.3, -0.25) is 0 Å². The van der Waals surface area contributed by atoms with Crippen LogP contribution in [0.4, 0.5) is 17.3 Å². The van der Waals surface area contributed by atoms with Gasteiger partial charge in [-0.1, -0.05) is 46.6 Å². The summed E-state index contributed by atoms with van der Waals surface area (Å²) in [6.07, 6.45) is 7.11. The Morgan fingerprint density at radius 3 is 2.61 bits per heavy atom. The second kappa shape index (κ2) is 12.2. The van der Waals surface area contributed by atoms with Crippen molar-refractivity contribution >= 4 is 39.2 Å². The van der Waals surface area contributed by atoms with E-state index in [9.17, 15) is 15.3 Å². The molecule has 0 bridgehead atoms. The van der Waals surface area contributed by atoms with Gasteiger partial charge < -0.3 is 19.3 Å². The van der Waals surface area contributed by atoms with Crippen LogP contribution in [-0.4, -0.2) is 45.0 Å². The predicted molar refractivity (Wildman–Crippen MR) is 178 cm³/mol. The molecule has 1 aliphatic heterocycles. The van der Waals surface area contributed by atoms with E-state index in [1.165, 1.54) is 20.3 Å². The van der Waals surface area contributed by atoms with Gasteiger partial charge in [0.2, 0.25) is 5.95 Å². The number of nitrogens with one attached hydrogen (secondary N) is 1. The van der Waals surface area contributed by atoms with Gasteiger partial charge in [-0.05, 0) is 78.4 Å². The highest BCUT2D eigenvalue weighted by molar-refractivity contribution is 6.74. The van der Waals surface area contributed by atoms with Gasteiger partial charge in [-0.15, -0.1) is 0 Å². The first-order chi connectivity index (χ1) is 20.9. The Kier molecular flexibility index (Phi) is 8.71. The molecule has 44 heavy (non-hydrogen) atoms. The molecule has 8 nitrogen and oxygen atoms in total. The van der Waals surface area contributed by atoms with E-state index in [1.807, 2.05) is 35.1 Å². The van der Waals surface area contributed by atoms with Crippen LogP contribution in [-0.2, 0) is 21.1 Å². The Bertz CT molecular complexity index is 1650. The maximum Gasteiger partial charge on any atom is 0.329 e. The summed E-state index contributed by atoms with van der Waals surface area (Å²) in [5.41, 5.74) is 5.73. The maximum atomic E-state index is 11.6. The number of nitrogens with zero attached hydrogens (tertiary/aromatic N) is 5. The van der Waals surface area contributed by atoms with Crippen LogP contribution in [0, 0.1) is 28.6 Å². The lowest BCUT2D eigenvalue weighted by Gasteiger charge is -2.39. The van der Waals surface area contributed by atoms with E-state index in [0.717, 1.165) is 53.0 Å². The molecule has 1 saturated carbocycles. The van der Waals surface area contributed by atoms with Crippen LogP contribution in [0.1, 0.15) is 69.2 Å². The average Bonchev–Trinajstić information content (AvgIpc) is 3.78. The Balaban J connectivity index is 1.50. The monoisotopic (exact) mass is 603 g/mol. The fourth-order valence-corrected chi connectivity index (χ4v) is 6.62. The van der Waals surface area contributed by atoms with Crippen molar-refractivity contribution in [2.45, 2.75) is 76.9 Å². The SMILES string of the molecule is CC(C)(C)[Si](C)(C)OC[C@@]1(C)CN([B]C=O)c2c(C#N)cc(-c3ccnc(Nc4cc(C#N)ccc4CCC4CC4)n3)cc21. The smallest absolute Gasteiger partial charge is 0.329 e. The summed E-state index contributed by atoms with van der Waals surface area (Å²) >= 11 is 0. The minimum absolute atomic E-state index is 0.0495. The number of hydrogen-bond acceptors (Lipinski definition) is 8. The molecule has 1 radical (unpaired) electrons. The standard InChI is InChI=1S/C34H40BN6O2Si/c1-33(2,3)44(5,6)43-21-34(4)20-41(35-22-42)31-27(19-37)16-26(17-28(31)34)29-13-14-38-32(39-29)40-30-15-24(18-36)10-12-25(30)11-9-23-7-8-23/h10,12-17,22-23H,7-9,11,20-21H2,1-6H3,(H,38,39,40)/t34-/m1/s1. The molecule has 0 saturated heterocycles. The van der Waals surface area contributed by atoms with Crippen molar-refractivity contribution in [3.05, 3.63) is 64.8 Å². The third kappa shape index (κ3) is 6.57. The average molecular weight is 604 g/mol. The molecule has 0 amide bonds. The van der Waals surface area contributed by atoms with E-state index >= 15 is 0 Å². The summed E-state index contributed by atoms with van der Waals surface area (Å²) in [6, 6.07) is 16.1. The molecular weight excluding hydrogens is 563 g/mol. The van der Waals surface area contributed by atoms with Gasteiger partial charge in [0.25, 0.3) is 0 Å². The fraction of sp³-hybridized carbons (Fsp3) is 0.441. The summed E-state index contributed by atoms with van der Waals surface area (Å²) in [5.74, 6) is 1.22. The molecule has 1 aliphatic carbocycles. The number of benzene rings is 2. The summed E-state index contributed by atoms with van der Waals surface area (Å²) in [4.78, 5) is 22.8. The Morgan fingerprint density at radius 2 is 1.95 bits per heavy atom. The number of anilines is 3. The van der Waals surface area contributed by atoms with Gasteiger partial charge >= 0.3 is 7.41 Å². The molecule has 2 heterocycles. The van der Waals surface area contributed by atoms with E-state index in [0.29, 0.717) is 35.9 Å². The fourth-order valence-electron chi connectivity index (χ4n) is 5.50. The molecule has 1 atom stereocenters. The molecular formula is C34H40BN6O2Si. The van der Waals surface area contributed by atoms with Crippen LogP contribution < -0.4 is 10.1 Å². The lowest BCUT2D eigenvalue weighted by atomic mass is 9.83. The van der Waals surface area contributed by atoms with E-state index < -0.39 is 13.7 Å². The predicted octanol–water partition coefficient (Wildman–Crippen LogP) is 6.88. The molecule has 0 unspecified atom stereocenters. The second-order valence-corrected chi connectivity index (χ2v) is 18.7. The van der Waals surface area contributed by atoms with E-state index in [1.54, 1.807) is 6.20 Å². The molecule has 225 valence electrons. The lowest BCUT2D eigenvalue weighted by Crippen LogP contribution is -2.46. The van der Waals surface area contributed by atoms with Crippen LogP contribution in [0.15, 0.2) is 42.6 Å². The van der Waals surface area contributed by atoms with Crippen molar-refractivity contribution in [3.8, 4) is 23.4 Å². The van der Waals surface area contributed by atoms with Crippen LogP contribution in [0.5, 0.6) is 0 Å². The summed E-state index contributed by atoms with van der Waals surface area (Å²) in [5, 5.41) is 23.2. The molecule has 0 spiro atoms. The quantitative estimate of drug-likeness (QED) is 0.186. The van der Waals surface area contributed by atoms with E-state index in [-0.39, 0.29) is 5.04 Å². The first-order valence-electron chi connectivity index (χ1n) is 15.3. The molecule has 1 N–H and O–H groups in total. The van der Waals surface area contributed by atoms with Gasteiger partial charge in [0.1, 0.15) is 12.3 Å². The molecule has 10 heteroatoms. The minimum Gasteiger partial charge on any atom is -0.416 e. The Morgan fingerprint density at radius 1 is 1.18 bits per heavy atom. The van der Waals surface area contributed by atoms with Gasteiger partial charge in [-0.2, -0.15) is 10.5 Å². The normalized spacial score (nSPS) is 17.9. The zero-order valence-corrected chi connectivity index (χ0v) is 27.6. The summed E-state index contributed by atoms with van der Waals surface area (Å²) < 4.78 is 6.71. The molecule has 1 aromatic heterocycles. The van der Waals surface area contributed by atoms with Crippen LogP contribution in [0.2, 0.25) is 18.1 Å². The van der Waals surface area contributed by atoms with Crippen molar-refractivity contribution < 1.29 is 9.22 Å². The number of carbonyl (C=O) groups excluding carboxylic acids is 1. The van der Waals surface area contributed by atoms with E-state index in [2.05, 4.69) is 69.3 Å². The largest absolute Gasteiger partial charge is 0.416 e. The number of aryl methyl sites for hydroxylation is 1. The first-order valence-corrected chi connectivity index (χ1v) is 18.2. The lowest BCUT2D eigenvalue weighted by molar-refractivity contribution is 0.219. The van der Waals surface area contributed by atoms with Crippen molar-refractivity contribution in [3.63, 3.8) is 0 Å². The van der Waals surface area contributed by atoms with Crippen LogP contribution >= 0.6 is 0 Å². The number of rotatable bonds is 11. The van der Waals surface area contributed by atoms with Crippen LogP contribution in [0.25, 0.3) is 11.3 Å². The maximum absolute atomic E-state index is 11.6. The van der Waals surface area contributed by atoms with Crippen LogP contribution in [0.3, 0.4) is 0 Å². The van der Waals surface area contributed by atoms with Crippen molar-refractivity contribution in [1.29, 1.82) is 10.5 Å². The first kappa shape index (κ1) is 31.4. The van der Waals surface area contributed by atoms with Gasteiger partial charge in [0.05, 0.1) is 22.9 Å². The summed E-state index contributed by atoms with van der Waals surface area (Å²) in [7, 11) is -0.558. The highest BCUT2D eigenvalue weighted by Gasteiger charge is 2.44. The second-order valence-electron chi connectivity index (χ2n) is 13.9. The van der Waals surface area contributed by atoms with Gasteiger partial charge in [0, 0.05) is 41.7 Å².